The van der Waals surface area contributed by atoms with E-state index in [1.807, 2.05) is 0 Å². The molecule has 2 aromatic carbocycles. The average molecular weight is 325 g/mol. The fraction of sp³-hybridized carbons (Fsp3) is 0.0769. The number of nitro groups is 1. The summed E-state index contributed by atoms with van der Waals surface area (Å²) in [7, 11) is 0. The van der Waals surface area contributed by atoms with Crippen LogP contribution in [0, 0.1) is 15.9 Å². The molecule has 2 rings (SSSR count). The Kier molecular flexibility index (Phi) is 4.11. The third-order valence-electron chi connectivity index (χ3n) is 2.57. The number of nitrogens with one attached hydrogen (secondary N) is 1. The monoisotopic (exact) mass is 324 g/mol. The van der Waals surface area contributed by atoms with Crippen LogP contribution in [0.5, 0.6) is 0 Å². The fourth-order valence-corrected chi connectivity index (χ4v) is 1.96. The summed E-state index contributed by atoms with van der Waals surface area (Å²) in [5, 5.41) is 13.6. The molecule has 0 aromatic heterocycles. The van der Waals surface area contributed by atoms with Gasteiger partial charge in [-0.1, -0.05) is 15.9 Å². The van der Waals surface area contributed by atoms with Gasteiger partial charge in [-0.05, 0) is 35.9 Å². The van der Waals surface area contributed by atoms with E-state index in [1.54, 1.807) is 18.2 Å². The summed E-state index contributed by atoms with van der Waals surface area (Å²) in [5.41, 5.74) is 1.55. The molecule has 0 aliphatic rings. The van der Waals surface area contributed by atoms with E-state index in [0.29, 0.717) is 6.54 Å². The number of nitro benzene ring substituents is 1. The van der Waals surface area contributed by atoms with E-state index in [4.69, 9.17) is 0 Å². The van der Waals surface area contributed by atoms with E-state index in [1.165, 1.54) is 24.3 Å². The summed E-state index contributed by atoms with van der Waals surface area (Å²) in [6, 6.07) is 10.5. The van der Waals surface area contributed by atoms with Crippen molar-refractivity contribution in [3.05, 3.63) is 68.4 Å². The van der Waals surface area contributed by atoms with Crippen LogP contribution in [0.2, 0.25) is 0 Å². The molecule has 2 aromatic rings. The largest absolute Gasteiger partial charge is 0.381 e. The van der Waals surface area contributed by atoms with Gasteiger partial charge in [0.25, 0.3) is 5.69 Å². The molecule has 0 saturated carbocycles. The van der Waals surface area contributed by atoms with Gasteiger partial charge in [-0.3, -0.25) is 10.1 Å². The van der Waals surface area contributed by atoms with Gasteiger partial charge in [0.05, 0.1) is 4.92 Å². The van der Waals surface area contributed by atoms with Crippen LogP contribution in [0.15, 0.2) is 46.9 Å². The van der Waals surface area contributed by atoms with Gasteiger partial charge in [0.2, 0.25) is 0 Å². The Labute approximate surface area is 117 Å². The minimum absolute atomic E-state index is 0.0393. The van der Waals surface area contributed by atoms with E-state index in [-0.39, 0.29) is 11.5 Å². The van der Waals surface area contributed by atoms with Crippen molar-refractivity contribution in [1.82, 2.24) is 0 Å². The first-order valence-corrected chi connectivity index (χ1v) is 6.28. The maximum absolute atomic E-state index is 13.1. The van der Waals surface area contributed by atoms with Crippen LogP contribution < -0.4 is 5.32 Å². The van der Waals surface area contributed by atoms with Crippen molar-refractivity contribution in [3.8, 4) is 0 Å². The second-order valence-electron chi connectivity index (χ2n) is 3.89. The highest BCUT2D eigenvalue weighted by atomic mass is 79.9. The summed E-state index contributed by atoms with van der Waals surface area (Å²) in [5.74, 6) is -0.302. The van der Waals surface area contributed by atoms with Crippen LogP contribution in [0.25, 0.3) is 0 Å². The summed E-state index contributed by atoms with van der Waals surface area (Å²) in [6.45, 7) is 0.427. The number of anilines is 1. The number of hydrogen-bond acceptors (Lipinski definition) is 3. The Hall–Kier alpha value is -1.95. The number of non-ortho nitro benzene ring substituents is 1. The van der Waals surface area contributed by atoms with E-state index < -0.39 is 4.92 Å². The Balaban J connectivity index is 2.06. The lowest BCUT2D eigenvalue weighted by Crippen LogP contribution is -2.00. The summed E-state index contributed by atoms with van der Waals surface area (Å²) < 4.78 is 13.9. The number of halogens is 2. The molecule has 1 N–H and O–H groups in total. The molecule has 0 bridgehead atoms. The molecule has 0 unspecified atom stereocenters. The molecular formula is C13H10BrFN2O2. The lowest BCUT2D eigenvalue weighted by Gasteiger charge is -2.08. The highest BCUT2D eigenvalue weighted by Gasteiger charge is 2.05. The van der Waals surface area contributed by atoms with Crippen molar-refractivity contribution < 1.29 is 9.31 Å². The van der Waals surface area contributed by atoms with Crippen LogP contribution in [0.1, 0.15) is 5.56 Å². The third kappa shape index (κ3) is 3.51. The molecule has 0 heterocycles. The first-order valence-electron chi connectivity index (χ1n) is 5.48. The first-order chi connectivity index (χ1) is 9.06. The number of rotatable bonds is 4. The van der Waals surface area contributed by atoms with E-state index in [2.05, 4.69) is 21.2 Å². The van der Waals surface area contributed by atoms with Crippen molar-refractivity contribution in [2.45, 2.75) is 6.54 Å². The van der Waals surface area contributed by atoms with Gasteiger partial charge in [0.15, 0.2) is 0 Å². The molecule has 0 saturated heterocycles. The number of benzene rings is 2. The van der Waals surface area contributed by atoms with E-state index >= 15 is 0 Å². The number of hydrogen-bond donors (Lipinski definition) is 1. The standard InChI is InChI=1S/C13H10BrFN2O2/c14-13-6-1-10(15)7-9(13)8-16-11-2-4-12(5-3-11)17(18)19/h1-7,16H,8H2. The summed E-state index contributed by atoms with van der Waals surface area (Å²) >= 11 is 3.34. The molecule has 0 spiro atoms. The molecule has 0 fully saturated rings. The van der Waals surface area contributed by atoms with Crippen molar-refractivity contribution in [1.29, 1.82) is 0 Å². The third-order valence-corrected chi connectivity index (χ3v) is 3.34. The first kappa shape index (κ1) is 13.5. The maximum atomic E-state index is 13.1. The Morgan fingerprint density at radius 1 is 1.21 bits per heavy atom. The quantitative estimate of drug-likeness (QED) is 0.680. The van der Waals surface area contributed by atoms with Crippen LogP contribution in [0.4, 0.5) is 15.8 Å². The van der Waals surface area contributed by atoms with Gasteiger partial charge in [0, 0.05) is 28.8 Å². The Bertz CT molecular complexity index is 602. The van der Waals surface area contributed by atoms with Gasteiger partial charge < -0.3 is 5.32 Å². The van der Waals surface area contributed by atoms with Gasteiger partial charge in [0.1, 0.15) is 5.82 Å². The lowest BCUT2D eigenvalue weighted by molar-refractivity contribution is -0.384. The zero-order valence-electron chi connectivity index (χ0n) is 9.77. The second kappa shape index (κ2) is 5.79. The zero-order valence-corrected chi connectivity index (χ0v) is 11.4. The predicted octanol–water partition coefficient (Wildman–Crippen LogP) is 4.11. The molecule has 4 nitrogen and oxygen atoms in total. The maximum Gasteiger partial charge on any atom is 0.269 e. The van der Waals surface area contributed by atoms with Crippen molar-refractivity contribution in [2.24, 2.45) is 0 Å². The zero-order chi connectivity index (χ0) is 13.8. The van der Waals surface area contributed by atoms with Crippen molar-refractivity contribution >= 4 is 27.3 Å². The van der Waals surface area contributed by atoms with Crippen LogP contribution in [-0.4, -0.2) is 4.92 Å². The molecule has 0 radical (unpaired) electrons. The molecule has 0 aliphatic carbocycles. The number of nitrogens with zero attached hydrogens (tertiary/aromatic N) is 1. The molecule has 19 heavy (non-hydrogen) atoms. The van der Waals surface area contributed by atoms with Crippen molar-refractivity contribution in [3.63, 3.8) is 0 Å². The second-order valence-corrected chi connectivity index (χ2v) is 4.75. The molecular weight excluding hydrogens is 315 g/mol. The lowest BCUT2D eigenvalue weighted by atomic mass is 10.2. The average Bonchev–Trinajstić information content (AvgIpc) is 2.40. The molecule has 98 valence electrons. The summed E-state index contributed by atoms with van der Waals surface area (Å²) in [6.07, 6.45) is 0. The fourth-order valence-electron chi connectivity index (χ4n) is 1.58. The van der Waals surface area contributed by atoms with Crippen LogP contribution in [-0.2, 0) is 6.54 Å². The van der Waals surface area contributed by atoms with Crippen LogP contribution in [0.3, 0.4) is 0 Å². The molecule has 0 aliphatic heterocycles. The molecule has 6 heteroatoms. The van der Waals surface area contributed by atoms with Crippen LogP contribution >= 0.6 is 15.9 Å². The highest BCUT2D eigenvalue weighted by Crippen LogP contribution is 2.20. The van der Waals surface area contributed by atoms with Crippen molar-refractivity contribution in [2.75, 3.05) is 5.32 Å². The smallest absolute Gasteiger partial charge is 0.269 e. The molecule has 0 amide bonds. The van der Waals surface area contributed by atoms with E-state index in [0.717, 1.165) is 15.7 Å². The van der Waals surface area contributed by atoms with E-state index in [9.17, 15) is 14.5 Å². The SMILES string of the molecule is O=[N+]([O-])c1ccc(NCc2cc(F)ccc2Br)cc1. The van der Waals surface area contributed by atoms with Gasteiger partial charge >= 0.3 is 0 Å². The minimum Gasteiger partial charge on any atom is -0.381 e. The molecule has 0 atom stereocenters. The topological polar surface area (TPSA) is 55.2 Å². The normalized spacial score (nSPS) is 10.2. The minimum atomic E-state index is -0.451. The Morgan fingerprint density at radius 2 is 1.89 bits per heavy atom. The summed E-state index contributed by atoms with van der Waals surface area (Å²) in [4.78, 5) is 10.1. The Morgan fingerprint density at radius 3 is 2.53 bits per heavy atom. The predicted molar refractivity (Wildman–Crippen MR) is 74.5 cm³/mol. The highest BCUT2D eigenvalue weighted by molar-refractivity contribution is 9.10. The van der Waals surface area contributed by atoms with Gasteiger partial charge in [-0.25, -0.2) is 4.39 Å². The van der Waals surface area contributed by atoms with Gasteiger partial charge in [-0.2, -0.15) is 0 Å². The van der Waals surface area contributed by atoms with Gasteiger partial charge in [-0.15, -0.1) is 0 Å².